The van der Waals surface area contributed by atoms with Crippen LogP contribution < -0.4 is 16.0 Å². The molecule has 0 heterocycles. The van der Waals surface area contributed by atoms with Crippen molar-refractivity contribution >= 4 is 17.6 Å². The van der Waals surface area contributed by atoms with Crippen LogP contribution in [0.3, 0.4) is 0 Å². The fourth-order valence-electron chi connectivity index (χ4n) is 5.97. The third-order valence-electron chi connectivity index (χ3n) is 6.65. The zero-order valence-electron chi connectivity index (χ0n) is 16.6. The fraction of sp³-hybridized carbons (Fsp3) is 0.636. The molecule has 3 N–H and O–H groups in total. The first-order valence-corrected chi connectivity index (χ1v) is 10.5. The Balaban J connectivity index is 1.22. The maximum atomic E-state index is 12.4. The number of rotatable bonds is 7. The summed E-state index contributed by atoms with van der Waals surface area (Å²) in [6.07, 6.45) is 7.69. The predicted molar refractivity (Wildman–Crippen MR) is 108 cm³/mol. The molecule has 1 aromatic rings. The molecule has 4 fully saturated rings. The Morgan fingerprint density at radius 3 is 2.36 bits per heavy atom. The van der Waals surface area contributed by atoms with Gasteiger partial charge in [0.1, 0.15) is 0 Å². The van der Waals surface area contributed by atoms with Gasteiger partial charge in [0.25, 0.3) is 0 Å². The highest BCUT2D eigenvalue weighted by Crippen LogP contribution is 2.55. The van der Waals surface area contributed by atoms with E-state index in [1.807, 2.05) is 24.3 Å². The average molecular weight is 386 g/mol. The second-order valence-corrected chi connectivity index (χ2v) is 8.97. The van der Waals surface area contributed by atoms with E-state index < -0.39 is 0 Å². The molecule has 0 spiro atoms. The molecule has 4 aliphatic rings. The second-order valence-electron chi connectivity index (χ2n) is 8.97. The van der Waals surface area contributed by atoms with Crippen LogP contribution in [0.25, 0.3) is 0 Å². The van der Waals surface area contributed by atoms with Gasteiger partial charge in [0, 0.05) is 36.9 Å². The highest BCUT2D eigenvalue weighted by atomic mass is 16.5. The van der Waals surface area contributed by atoms with Crippen molar-refractivity contribution in [3.63, 3.8) is 0 Å². The zero-order valence-corrected chi connectivity index (χ0v) is 16.6. The number of anilines is 1. The summed E-state index contributed by atoms with van der Waals surface area (Å²) < 4.78 is 5.16. The van der Waals surface area contributed by atoms with E-state index in [0.29, 0.717) is 13.2 Å². The van der Waals surface area contributed by atoms with Crippen LogP contribution in [0.4, 0.5) is 10.5 Å². The van der Waals surface area contributed by atoms with E-state index in [9.17, 15) is 9.59 Å². The van der Waals surface area contributed by atoms with Gasteiger partial charge in [-0.2, -0.15) is 0 Å². The number of urea groups is 1. The predicted octanol–water partition coefficient (Wildman–Crippen LogP) is 3.43. The summed E-state index contributed by atoms with van der Waals surface area (Å²) >= 11 is 0. The van der Waals surface area contributed by atoms with Crippen molar-refractivity contribution in [2.75, 3.05) is 19.0 Å². The molecule has 4 aliphatic carbocycles. The summed E-state index contributed by atoms with van der Waals surface area (Å²) in [5.41, 5.74) is 1.69. The van der Waals surface area contributed by atoms with Crippen molar-refractivity contribution in [3.05, 3.63) is 29.8 Å². The van der Waals surface area contributed by atoms with Gasteiger partial charge in [-0.1, -0.05) is 18.2 Å². The first-order chi connectivity index (χ1) is 13.5. The first-order valence-electron chi connectivity index (χ1n) is 10.5. The lowest BCUT2D eigenvalue weighted by atomic mass is 9.53. The minimum Gasteiger partial charge on any atom is -0.380 e. The van der Waals surface area contributed by atoms with Crippen molar-refractivity contribution in [1.82, 2.24) is 10.6 Å². The number of amides is 3. The van der Waals surface area contributed by atoms with Crippen molar-refractivity contribution < 1.29 is 14.3 Å². The number of benzene rings is 1. The van der Waals surface area contributed by atoms with Gasteiger partial charge in [0.15, 0.2) is 0 Å². The molecule has 4 saturated carbocycles. The van der Waals surface area contributed by atoms with Crippen LogP contribution in [-0.4, -0.2) is 31.1 Å². The number of para-hydroxylation sites is 1. The molecule has 28 heavy (non-hydrogen) atoms. The van der Waals surface area contributed by atoms with Gasteiger partial charge in [-0.3, -0.25) is 4.79 Å². The van der Waals surface area contributed by atoms with Crippen LogP contribution in [0.2, 0.25) is 0 Å². The summed E-state index contributed by atoms with van der Waals surface area (Å²) in [7, 11) is 1.63. The minimum atomic E-state index is -0.130. The Morgan fingerprint density at radius 1 is 1.07 bits per heavy atom. The molecule has 6 nitrogen and oxygen atoms in total. The highest BCUT2D eigenvalue weighted by molar-refractivity contribution is 5.91. The van der Waals surface area contributed by atoms with Crippen LogP contribution in [0.15, 0.2) is 24.3 Å². The number of carbonyl (C=O) groups excluding carboxylic acids is 2. The van der Waals surface area contributed by atoms with Crippen molar-refractivity contribution in [2.45, 2.75) is 57.1 Å². The van der Waals surface area contributed by atoms with Crippen LogP contribution in [-0.2, 0) is 16.1 Å². The topological polar surface area (TPSA) is 79.5 Å². The van der Waals surface area contributed by atoms with Gasteiger partial charge in [0.2, 0.25) is 5.91 Å². The van der Waals surface area contributed by atoms with Crippen LogP contribution in [0.5, 0.6) is 0 Å². The molecule has 5 rings (SSSR count). The van der Waals surface area contributed by atoms with Gasteiger partial charge in [0.05, 0.1) is 6.61 Å². The molecule has 4 bridgehead atoms. The Bertz CT molecular complexity index is 698. The van der Waals surface area contributed by atoms with Gasteiger partial charge >= 0.3 is 6.03 Å². The SMILES string of the molecule is COCc1ccccc1NC(=O)CCNC(=O)NC12CC3CC(CC(C3)C1)C2. The molecular formula is C22H31N3O3. The smallest absolute Gasteiger partial charge is 0.315 e. The van der Waals surface area contributed by atoms with Gasteiger partial charge in [-0.05, 0) is 62.3 Å². The summed E-state index contributed by atoms with van der Waals surface area (Å²) in [4.78, 5) is 24.7. The number of ether oxygens (including phenoxy) is 1. The average Bonchev–Trinajstić information content (AvgIpc) is 2.62. The third kappa shape index (κ3) is 4.32. The maximum Gasteiger partial charge on any atom is 0.315 e. The summed E-state index contributed by atoms with van der Waals surface area (Å²) in [6.45, 7) is 0.776. The Labute approximate surface area is 166 Å². The Hall–Kier alpha value is -2.08. The maximum absolute atomic E-state index is 12.4. The Kier molecular flexibility index (Phi) is 5.58. The first kappa shape index (κ1) is 19.2. The third-order valence-corrected chi connectivity index (χ3v) is 6.65. The van der Waals surface area contributed by atoms with E-state index in [4.69, 9.17) is 4.74 Å². The zero-order chi connectivity index (χ0) is 19.6. The number of hydrogen-bond acceptors (Lipinski definition) is 3. The van der Waals surface area contributed by atoms with E-state index in [-0.39, 0.29) is 23.9 Å². The fourth-order valence-corrected chi connectivity index (χ4v) is 5.97. The molecule has 0 atom stereocenters. The standard InChI is InChI=1S/C22H31N3O3/c1-28-14-18-4-2-3-5-19(18)24-20(26)6-7-23-21(27)25-22-11-15-8-16(12-22)10-17(9-15)13-22/h2-5,15-17H,6-14H2,1H3,(H,24,26)(H2,23,25,27). The minimum absolute atomic E-state index is 0.000183. The second kappa shape index (κ2) is 8.11. The van der Waals surface area contributed by atoms with E-state index in [0.717, 1.165) is 48.3 Å². The van der Waals surface area contributed by atoms with Crippen LogP contribution >= 0.6 is 0 Å². The van der Waals surface area contributed by atoms with Gasteiger partial charge in [-0.25, -0.2) is 4.79 Å². The molecule has 0 radical (unpaired) electrons. The lowest BCUT2D eigenvalue weighted by Gasteiger charge is -2.56. The molecule has 0 unspecified atom stereocenters. The van der Waals surface area contributed by atoms with E-state index >= 15 is 0 Å². The van der Waals surface area contributed by atoms with E-state index in [1.54, 1.807) is 7.11 Å². The number of methoxy groups -OCH3 is 1. The van der Waals surface area contributed by atoms with Gasteiger partial charge < -0.3 is 20.7 Å². The molecule has 0 aromatic heterocycles. The monoisotopic (exact) mass is 385 g/mol. The van der Waals surface area contributed by atoms with Gasteiger partial charge in [-0.15, -0.1) is 0 Å². The highest BCUT2D eigenvalue weighted by Gasteiger charge is 2.51. The lowest BCUT2D eigenvalue weighted by molar-refractivity contribution is -0.116. The Morgan fingerprint density at radius 2 is 1.71 bits per heavy atom. The number of nitrogens with one attached hydrogen (secondary N) is 3. The molecule has 6 heteroatoms. The van der Waals surface area contributed by atoms with Crippen molar-refractivity contribution in [2.24, 2.45) is 17.8 Å². The van der Waals surface area contributed by atoms with Crippen LogP contribution in [0, 0.1) is 17.8 Å². The van der Waals surface area contributed by atoms with E-state index in [2.05, 4.69) is 16.0 Å². The number of carbonyl (C=O) groups is 2. The molecular weight excluding hydrogens is 354 g/mol. The summed E-state index contributed by atoms with van der Waals surface area (Å²) in [5.74, 6) is 2.28. The van der Waals surface area contributed by atoms with Crippen LogP contribution in [0.1, 0.15) is 50.5 Å². The molecule has 3 amide bonds. The molecule has 0 saturated heterocycles. The van der Waals surface area contributed by atoms with Crippen molar-refractivity contribution in [3.8, 4) is 0 Å². The van der Waals surface area contributed by atoms with E-state index in [1.165, 1.54) is 19.3 Å². The molecule has 0 aliphatic heterocycles. The van der Waals surface area contributed by atoms with Crippen molar-refractivity contribution in [1.29, 1.82) is 0 Å². The number of hydrogen-bond donors (Lipinski definition) is 3. The summed E-state index contributed by atoms with van der Waals surface area (Å²) in [6, 6.07) is 7.46. The largest absolute Gasteiger partial charge is 0.380 e. The normalized spacial score (nSPS) is 30.1. The lowest BCUT2D eigenvalue weighted by Crippen LogP contribution is -2.61. The molecule has 1 aromatic carbocycles. The molecule has 152 valence electrons. The summed E-state index contributed by atoms with van der Waals surface area (Å²) in [5, 5.41) is 9.06. The quantitative estimate of drug-likeness (QED) is 0.673.